The van der Waals surface area contributed by atoms with Gasteiger partial charge >= 0.3 is 0 Å². The number of aromatic nitrogens is 4. The summed E-state index contributed by atoms with van der Waals surface area (Å²) in [5.74, 6) is 0.820. The van der Waals surface area contributed by atoms with Crippen molar-refractivity contribution in [2.45, 2.75) is 5.16 Å². The molecule has 4 aromatic rings. The molecule has 0 spiro atoms. The van der Waals surface area contributed by atoms with Crippen LogP contribution in [-0.4, -0.2) is 45.6 Å². The summed E-state index contributed by atoms with van der Waals surface area (Å²) in [6, 6.07) is 12.1. The molecule has 0 saturated heterocycles. The number of rotatable bonds is 7. The minimum Gasteiger partial charge on any atom is -0.497 e. The maximum absolute atomic E-state index is 12.5. The number of halogens is 1. The Balaban J connectivity index is 1.53. The van der Waals surface area contributed by atoms with Gasteiger partial charge in [-0.25, -0.2) is 9.67 Å². The number of ether oxygens (including phenoxy) is 2. The molecule has 32 heavy (non-hydrogen) atoms. The van der Waals surface area contributed by atoms with Crippen LogP contribution in [0.5, 0.6) is 11.5 Å². The van der Waals surface area contributed by atoms with Crippen LogP contribution in [-0.2, 0) is 4.79 Å². The van der Waals surface area contributed by atoms with Crippen molar-refractivity contribution in [3.8, 4) is 17.2 Å². The molecular formula is C21H18ClN5O4S. The average Bonchev–Trinajstić information content (AvgIpc) is 3.22. The van der Waals surface area contributed by atoms with Crippen LogP contribution in [0.25, 0.3) is 16.7 Å². The average molecular weight is 472 g/mol. The molecule has 0 unspecified atom stereocenters. The van der Waals surface area contributed by atoms with Crippen LogP contribution in [0.4, 0.5) is 5.69 Å². The fourth-order valence-corrected chi connectivity index (χ4v) is 3.83. The van der Waals surface area contributed by atoms with Gasteiger partial charge in [0.25, 0.3) is 5.56 Å². The fourth-order valence-electron chi connectivity index (χ4n) is 2.99. The summed E-state index contributed by atoms with van der Waals surface area (Å²) in [7, 11) is 3.05. The molecule has 0 bridgehead atoms. The SMILES string of the molecule is COc1ccc(NC(=O)CSc2nc3c(cnn3-c3cccc(Cl)c3)c(=O)[nH]2)c(OC)c1. The number of carbonyl (C=O) groups excluding carboxylic acids is 1. The predicted octanol–water partition coefficient (Wildman–Crippen LogP) is 3.51. The number of methoxy groups -OCH3 is 2. The molecule has 4 rings (SSSR count). The molecule has 0 radical (unpaired) electrons. The third-order valence-corrected chi connectivity index (χ3v) is 5.60. The van der Waals surface area contributed by atoms with Crippen LogP contribution in [0.3, 0.4) is 0 Å². The van der Waals surface area contributed by atoms with Gasteiger partial charge in [0.2, 0.25) is 5.91 Å². The Morgan fingerprint density at radius 2 is 2.06 bits per heavy atom. The van der Waals surface area contributed by atoms with E-state index in [9.17, 15) is 9.59 Å². The van der Waals surface area contributed by atoms with E-state index >= 15 is 0 Å². The van der Waals surface area contributed by atoms with Gasteiger partial charge in [-0.05, 0) is 30.3 Å². The number of nitrogens with zero attached hydrogens (tertiary/aromatic N) is 3. The zero-order chi connectivity index (χ0) is 22.7. The number of amides is 1. The molecule has 2 heterocycles. The van der Waals surface area contributed by atoms with Gasteiger partial charge in [-0.1, -0.05) is 29.4 Å². The highest BCUT2D eigenvalue weighted by Crippen LogP contribution is 2.29. The first-order chi connectivity index (χ1) is 15.5. The predicted molar refractivity (Wildman–Crippen MR) is 123 cm³/mol. The van der Waals surface area contributed by atoms with Crippen molar-refractivity contribution in [1.29, 1.82) is 0 Å². The third kappa shape index (κ3) is 4.56. The van der Waals surface area contributed by atoms with Gasteiger partial charge in [0.05, 0.1) is 37.5 Å². The van der Waals surface area contributed by atoms with Crippen LogP contribution in [0.1, 0.15) is 0 Å². The van der Waals surface area contributed by atoms with Crippen LogP contribution in [0, 0.1) is 0 Å². The maximum Gasteiger partial charge on any atom is 0.262 e. The number of anilines is 1. The number of nitrogens with one attached hydrogen (secondary N) is 2. The Morgan fingerprint density at radius 3 is 2.81 bits per heavy atom. The molecule has 11 heteroatoms. The molecule has 0 aliphatic heterocycles. The number of benzene rings is 2. The van der Waals surface area contributed by atoms with E-state index in [1.807, 2.05) is 6.07 Å². The summed E-state index contributed by atoms with van der Waals surface area (Å²) in [4.78, 5) is 32.1. The van der Waals surface area contributed by atoms with Gasteiger partial charge in [-0.15, -0.1) is 0 Å². The standard InChI is InChI=1S/C21H18ClN5O4S/c1-30-14-6-7-16(17(9-14)31-2)24-18(28)11-32-21-25-19-15(20(29)26-21)10-23-27(19)13-5-3-4-12(22)8-13/h3-10H,11H2,1-2H3,(H,24,28)(H,25,26,29). The first-order valence-electron chi connectivity index (χ1n) is 9.37. The molecule has 0 fully saturated rings. The van der Waals surface area contributed by atoms with Crippen LogP contribution in [0.15, 0.2) is 58.6 Å². The summed E-state index contributed by atoms with van der Waals surface area (Å²) >= 11 is 7.17. The third-order valence-electron chi connectivity index (χ3n) is 4.49. The van der Waals surface area contributed by atoms with Crippen molar-refractivity contribution in [2.75, 3.05) is 25.3 Å². The van der Waals surface area contributed by atoms with Crippen LogP contribution in [0.2, 0.25) is 5.02 Å². The summed E-state index contributed by atoms with van der Waals surface area (Å²) < 4.78 is 12.0. The molecule has 2 aromatic heterocycles. The minimum absolute atomic E-state index is 0.0228. The van der Waals surface area contributed by atoms with E-state index in [2.05, 4.69) is 20.4 Å². The fraction of sp³-hybridized carbons (Fsp3) is 0.143. The van der Waals surface area contributed by atoms with Crippen LogP contribution < -0.4 is 20.3 Å². The Bertz CT molecular complexity index is 1350. The molecule has 0 atom stereocenters. The number of fused-ring (bicyclic) bond motifs is 1. The summed E-state index contributed by atoms with van der Waals surface area (Å²) in [6.45, 7) is 0. The van der Waals surface area contributed by atoms with Gasteiger partial charge in [0, 0.05) is 11.1 Å². The van der Waals surface area contributed by atoms with E-state index in [1.54, 1.807) is 43.5 Å². The second kappa shape index (κ2) is 9.33. The highest BCUT2D eigenvalue weighted by atomic mass is 35.5. The van der Waals surface area contributed by atoms with E-state index in [4.69, 9.17) is 21.1 Å². The van der Waals surface area contributed by atoms with Crippen molar-refractivity contribution in [1.82, 2.24) is 19.7 Å². The largest absolute Gasteiger partial charge is 0.497 e. The van der Waals surface area contributed by atoms with Crippen molar-refractivity contribution in [3.05, 3.63) is 64.0 Å². The monoisotopic (exact) mass is 471 g/mol. The molecule has 0 aliphatic carbocycles. The number of hydrogen-bond donors (Lipinski definition) is 2. The highest BCUT2D eigenvalue weighted by Gasteiger charge is 2.14. The summed E-state index contributed by atoms with van der Waals surface area (Å²) in [6.07, 6.45) is 1.44. The van der Waals surface area contributed by atoms with Crippen molar-refractivity contribution in [3.63, 3.8) is 0 Å². The molecule has 2 N–H and O–H groups in total. The lowest BCUT2D eigenvalue weighted by Gasteiger charge is -2.11. The van der Waals surface area contributed by atoms with Crippen molar-refractivity contribution < 1.29 is 14.3 Å². The molecule has 164 valence electrons. The molecule has 2 aromatic carbocycles. The number of hydrogen-bond acceptors (Lipinski definition) is 7. The lowest BCUT2D eigenvalue weighted by atomic mass is 10.2. The molecular weight excluding hydrogens is 454 g/mol. The second-order valence-corrected chi connectivity index (χ2v) is 7.95. The van der Waals surface area contributed by atoms with E-state index in [-0.39, 0.29) is 17.2 Å². The summed E-state index contributed by atoms with van der Waals surface area (Å²) in [5, 5.41) is 8.20. The van der Waals surface area contributed by atoms with Gasteiger partial charge < -0.3 is 19.8 Å². The van der Waals surface area contributed by atoms with Gasteiger partial charge in [0.15, 0.2) is 10.8 Å². The zero-order valence-corrected chi connectivity index (χ0v) is 18.7. The Kier molecular flexibility index (Phi) is 6.33. The second-order valence-electron chi connectivity index (χ2n) is 6.55. The Hall–Kier alpha value is -3.50. The number of thioether (sulfide) groups is 1. The minimum atomic E-state index is -0.344. The lowest BCUT2D eigenvalue weighted by Crippen LogP contribution is -2.16. The topological polar surface area (TPSA) is 111 Å². The quantitative estimate of drug-likeness (QED) is 0.313. The normalized spacial score (nSPS) is 10.8. The highest BCUT2D eigenvalue weighted by molar-refractivity contribution is 7.99. The molecule has 0 saturated carbocycles. The van der Waals surface area contributed by atoms with Crippen molar-refractivity contribution >= 4 is 46.0 Å². The van der Waals surface area contributed by atoms with E-state index in [0.717, 1.165) is 11.8 Å². The van der Waals surface area contributed by atoms with Gasteiger partial charge in [-0.2, -0.15) is 5.10 Å². The zero-order valence-electron chi connectivity index (χ0n) is 17.1. The van der Waals surface area contributed by atoms with E-state index < -0.39 is 0 Å². The Morgan fingerprint density at radius 1 is 1.22 bits per heavy atom. The molecule has 1 amide bonds. The number of carbonyl (C=O) groups is 1. The van der Waals surface area contributed by atoms with Gasteiger partial charge in [0.1, 0.15) is 16.9 Å². The van der Waals surface area contributed by atoms with E-state index in [0.29, 0.717) is 44.1 Å². The van der Waals surface area contributed by atoms with Gasteiger partial charge in [-0.3, -0.25) is 9.59 Å². The molecule has 9 nitrogen and oxygen atoms in total. The number of H-pyrrole nitrogens is 1. The first kappa shape index (κ1) is 21.7. The first-order valence-corrected chi connectivity index (χ1v) is 10.7. The maximum atomic E-state index is 12.5. The smallest absolute Gasteiger partial charge is 0.262 e. The van der Waals surface area contributed by atoms with Crippen LogP contribution >= 0.6 is 23.4 Å². The van der Waals surface area contributed by atoms with E-state index in [1.165, 1.54) is 18.0 Å². The van der Waals surface area contributed by atoms with Crippen molar-refractivity contribution in [2.24, 2.45) is 0 Å². The number of aromatic amines is 1. The summed E-state index contributed by atoms with van der Waals surface area (Å²) in [5.41, 5.74) is 1.21. The molecule has 0 aliphatic rings. The lowest BCUT2D eigenvalue weighted by molar-refractivity contribution is -0.113. The Labute approximate surface area is 191 Å².